The Morgan fingerprint density at radius 3 is 2.38 bits per heavy atom. The van der Waals surface area contributed by atoms with E-state index in [0.29, 0.717) is 5.56 Å². The van der Waals surface area contributed by atoms with E-state index in [1.165, 1.54) is 0 Å². The van der Waals surface area contributed by atoms with Gasteiger partial charge in [-0.15, -0.1) is 11.3 Å². The van der Waals surface area contributed by atoms with E-state index in [2.05, 4.69) is 25.9 Å². The van der Waals surface area contributed by atoms with Crippen LogP contribution in [0.15, 0.2) is 29.6 Å². The fraction of sp³-hybridized carbons (Fsp3) is 0.500. The van der Waals surface area contributed by atoms with Gasteiger partial charge < -0.3 is 10.6 Å². The topological polar surface area (TPSA) is 74.3 Å². The van der Waals surface area contributed by atoms with E-state index >= 15 is 0 Å². The minimum Gasteiger partial charge on any atom is -0.347 e. The van der Waals surface area contributed by atoms with E-state index in [1.807, 2.05) is 27.7 Å². The molecule has 0 spiro atoms. The number of nitrogens with zero attached hydrogens (tertiary/aromatic N) is 2. The SMILES string of the molecule is Cc1nc(CN2CCC(C(=O)Nc3ccc(C(=O)NC(C)(C)C)cc3)CC2)cs1. The summed E-state index contributed by atoms with van der Waals surface area (Å²) in [6.45, 7) is 10.5. The van der Waals surface area contributed by atoms with E-state index in [0.717, 1.165) is 48.9 Å². The second-order valence-corrected chi connectivity index (χ2v) is 9.74. The number of thiazole rings is 1. The van der Waals surface area contributed by atoms with Crippen LogP contribution in [0.3, 0.4) is 0 Å². The Hall–Kier alpha value is -2.25. The predicted molar refractivity (Wildman–Crippen MR) is 117 cm³/mol. The maximum absolute atomic E-state index is 12.6. The number of carbonyl (C=O) groups is 2. The van der Waals surface area contributed by atoms with Crippen molar-refractivity contribution in [2.45, 2.75) is 52.6 Å². The molecule has 0 bridgehead atoms. The van der Waals surface area contributed by atoms with E-state index in [4.69, 9.17) is 0 Å². The zero-order valence-corrected chi connectivity index (χ0v) is 18.4. The van der Waals surface area contributed by atoms with E-state index in [1.54, 1.807) is 35.6 Å². The molecule has 0 aliphatic carbocycles. The van der Waals surface area contributed by atoms with Crippen molar-refractivity contribution in [2.75, 3.05) is 18.4 Å². The minimum atomic E-state index is -0.281. The molecule has 1 saturated heterocycles. The number of amides is 2. The van der Waals surface area contributed by atoms with Gasteiger partial charge in [-0.05, 0) is 77.9 Å². The Morgan fingerprint density at radius 2 is 1.83 bits per heavy atom. The van der Waals surface area contributed by atoms with Crippen LogP contribution >= 0.6 is 11.3 Å². The highest BCUT2D eigenvalue weighted by molar-refractivity contribution is 7.09. The lowest BCUT2D eigenvalue weighted by atomic mass is 9.95. The zero-order chi connectivity index (χ0) is 21.0. The molecule has 1 aromatic carbocycles. The highest BCUT2D eigenvalue weighted by atomic mass is 32.1. The quantitative estimate of drug-likeness (QED) is 0.780. The lowest BCUT2D eigenvalue weighted by Crippen LogP contribution is -2.40. The molecule has 1 aromatic heterocycles. The Morgan fingerprint density at radius 1 is 1.17 bits per heavy atom. The van der Waals surface area contributed by atoms with E-state index in [9.17, 15) is 9.59 Å². The van der Waals surface area contributed by atoms with Crippen LogP contribution in [-0.2, 0) is 11.3 Å². The third-order valence-corrected chi connectivity index (χ3v) is 5.74. The van der Waals surface area contributed by atoms with Crippen molar-refractivity contribution in [1.29, 1.82) is 0 Å². The molecule has 156 valence electrons. The lowest BCUT2D eigenvalue weighted by Gasteiger charge is -2.30. The number of aryl methyl sites for hydroxylation is 1. The van der Waals surface area contributed by atoms with Crippen LogP contribution in [0.4, 0.5) is 5.69 Å². The van der Waals surface area contributed by atoms with Gasteiger partial charge in [0.1, 0.15) is 0 Å². The average molecular weight is 415 g/mol. The molecule has 6 nitrogen and oxygen atoms in total. The molecule has 0 saturated carbocycles. The van der Waals surface area contributed by atoms with Crippen molar-refractivity contribution >= 4 is 28.8 Å². The molecule has 1 fully saturated rings. The van der Waals surface area contributed by atoms with Crippen molar-refractivity contribution < 1.29 is 9.59 Å². The fourth-order valence-electron chi connectivity index (χ4n) is 3.43. The summed E-state index contributed by atoms with van der Waals surface area (Å²) in [6, 6.07) is 7.06. The van der Waals surface area contributed by atoms with Crippen molar-refractivity contribution in [1.82, 2.24) is 15.2 Å². The zero-order valence-electron chi connectivity index (χ0n) is 17.6. The Labute approximate surface area is 176 Å². The molecule has 29 heavy (non-hydrogen) atoms. The number of aromatic nitrogens is 1. The fourth-order valence-corrected chi connectivity index (χ4v) is 4.03. The number of likely N-dealkylation sites (tertiary alicyclic amines) is 1. The van der Waals surface area contributed by atoms with Crippen molar-refractivity contribution in [3.63, 3.8) is 0 Å². The molecule has 1 aliphatic rings. The number of hydrogen-bond acceptors (Lipinski definition) is 5. The smallest absolute Gasteiger partial charge is 0.251 e. The van der Waals surface area contributed by atoms with Crippen molar-refractivity contribution in [3.8, 4) is 0 Å². The minimum absolute atomic E-state index is 0.0206. The molecule has 0 atom stereocenters. The number of nitrogens with one attached hydrogen (secondary N) is 2. The normalized spacial score (nSPS) is 15.9. The molecular weight excluding hydrogens is 384 g/mol. The monoisotopic (exact) mass is 414 g/mol. The van der Waals surface area contributed by atoms with Crippen LogP contribution in [0.25, 0.3) is 0 Å². The maximum atomic E-state index is 12.6. The number of anilines is 1. The highest BCUT2D eigenvalue weighted by Gasteiger charge is 2.25. The summed E-state index contributed by atoms with van der Waals surface area (Å²) in [5.41, 5.74) is 2.15. The van der Waals surface area contributed by atoms with Gasteiger partial charge in [0.15, 0.2) is 0 Å². The highest BCUT2D eigenvalue weighted by Crippen LogP contribution is 2.22. The molecule has 7 heteroatoms. The van der Waals surface area contributed by atoms with E-state index in [-0.39, 0.29) is 23.3 Å². The number of rotatable bonds is 5. The predicted octanol–water partition coefficient (Wildman–Crippen LogP) is 3.83. The molecule has 0 unspecified atom stereocenters. The van der Waals surface area contributed by atoms with Crippen LogP contribution in [-0.4, -0.2) is 40.3 Å². The van der Waals surface area contributed by atoms with Gasteiger partial charge >= 0.3 is 0 Å². The first-order valence-electron chi connectivity index (χ1n) is 10.1. The van der Waals surface area contributed by atoms with Gasteiger partial charge in [0.2, 0.25) is 5.91 Å². The largest absolute Gasteiger partial charge is 0.347 e. The van der Waals surface area contributed by atoms with Crippen molar-refractivity contribution in [2.24, 2.45) is 5.92 Å². The third-order valence-electron chi connectivity index (χ3n) is 4.91. The molecule has 1 aliphatic heterocycles. The molecule has 2 aromatic rings. The Kier molecular flexibility index (Phi) is 6.70. The second-order valence-electron chi connectivity index (χ2n) is 8.68. The number of benzene rings is 1. The van der Waals surface area contributed by atoms with Gasteiger partial charge in [0, 0.05) is 34.6 Å². The summed E-state index contributed by atoms with van der Waals surface area (Å²) in [4.78, 5) is 31.7. The van der Waals surface area contributed by atoms with E-state index < -0.39 is 0 Å². The first-order valence-corrected chi connectivity index (χ1v) is 10.9. The maximum Gasteiger partial charge on any atom is 0.251 e. The second kappa shape index (κ2) is 9.05. The summed E-state index contributed by atoms with van der Waals surface area (Å²) in [7, 11) is 0. The summed E-state index contributed by atoms with van der Waals surface area (Å²) in [6.07, 6.45) is 1.70. The first kappa shape index (κ1) is 21.5. The molecule has 2 amide bonds. The molecule has 2 N–H and O–H groups in total. The van der Waals surface area contributed by atoms with Crippen LogP contribution in [0, 0.1) is 12.8 Å². The van der Waals surface area contributed by atoms with Gasteiger partial charge in [-0.1, -0.05) is 0 Å². The van der Waals surface area contributed by atoms with Gasteiger partial charge in [0.05, 0.1) is 10.7 Å². The Bertz CT molecular complexity index is 846. The Balaban J connectivity index is 1.47. The standard InChI is InChI=1S/C22H30N4O2S/c1-15-23-19(14-29-15)13-26-11-9-17(10-12-26)20(27)24-18-7-5-16(6-8-18)21(28)25-22(2,3)4/h5-8,14,17H,9-13H2,1-4H3,(H,24,27)(H,25,28). The first-order chi connectivity index (χ1) is 13.7. The summed E-state index contributed by atoms with van der Waals surface area (Å²) in [5, 5.41) is 9.13. The summed E-state index contributed by atoms with van der Waals surface area (Å²) >= 11 is 1.68. The number of hydrogen-bond donors (Lipinski definition) is 2. The molecular formula is C22H30N4O2S. The van der Waals surface area contributed by atoms with Gasteiger partial charge in [-0.3, -0.25) is 14.5 Å². The molecule has 2 heterocycles. The summed E-state index contributed by atoms with van der Waals surface area (Å²) < 4.78 is 0. The van der Waals surface area contributed by atoms with Gasteiger partial charge in [-0.25, -0.2) is 4.98 Å². The number of piperidine rings is 1. The third kappa shape index (κ3) is 6.37. The van der Waals surface area contributed by atoms with Crippen LogP contribution in [0.1, 0.15) is 54.7 Å². The number of carbonyl (C=O) groups excluding carboxylic acids is 2. The molecule has 0 radical (unpaired) electrons. The average Bonchev–Trinajstić information content (AvgIpc) is 3.06. The van der Waals surface area contributed by atoms with Gasteiger partial charge in [0.25, 0.3) is 5.91 Å². The van der Waals surface area contributed by atoms with Crippen LogP contribution in [0.5, 0.6) is 0 Å². The lowest BCUT2D eigenvalue weighted by molar-refractivity contribution is -0.121. The van der Waals surface area contributed by atoms with Gasteiger partial charge in [-0.2, -0.15) is 0 Å². The van der Waals surface area contributed by atoms with Crippen LogP contribution < -0.4 is 10.6 Å². The van der Waals surface area contributed by atoms with Crippen molar-refractivity contribution in [3.05, 3.63) is 45.9 Å². The van der Waals surface area contributed by atoms with Crippen LogP contribution in [0.2, 0.25) is 0 Å². The molecule has 3 rings (SSSR count). The summed E-state index contributed by atoms with van der Waals surface area (Å²) in [5.74, 6) is -0.0358.